The summed E-state index contributed by atoms with van der Waals surface area (Å²) in [6.45, 7) is 0.266. The second kappa shape index (κ2) is 7.49. The van der Waals surface area contributed by atoms with E-state index in [1.165, 1.54) is 12.1 Å². The van der Waals surface area contributed by atoms with Crippen molar-refractivity contribution in [3.63, 3.8) is 0 Å². The predicted octanol–water partition coefficient (Wildman–Crippen LogP) is 3.59. The molecular formula is C19H13N5O3S. The third-order valence-electron chi connectivity index (χ3n) is 4.15. The van der Waals surface area contributed by atoms with Crippen molar-refractivity contribution >= 4 is 34.4 Å². The van der Waals surface area contributed by atoms with E-state index in [0.29, 0.717) is 5.52 Å². The Bertz CT molecular complexity index is 1180. The van der Waals surface area contributed by atoms with E-state index in [2.05, 4.69) is 19.0 Å². The first-order valence-electron chi connectivity index (χ1n) is 8.31. The Kier molecular flexibility index (Phi) is 4.73. The Hall–Kier alpha value is -3.72. The van der Waals surface area contributed by atoms with Crippen LogP contribution >= 0.6 is 11.7 Å². The number of nitro groups is 1. The molecule has 2 aromatic carbocycles. The van der Waals surface area contributed by atoms with Crippen LogP contribution in [0.5, 0.6) is 0 Å². The molecule has 2 aromatic heterocycles. The fourth-order valence-electron chi connectivity index (χ4n) is 2.78. The van der Waals surface area contributed by atoms with Crippen molar-refractivity contribution in [3.05, 3.63) is 82.0 Å². The number of carbonyl (C=O) groups excluding carboxylic acids is 1. The summed E-state index contributed by atoms with van der Waals surface area (Å²) in [5.74, 6) is -0.420. The van der Waals surface area contributed by atoms with Gasteiger partial charge in [0, 0.05) is 29.9 Å². The third kappa shape index (κ3) is 3.55. The van der Waals surface area contributed by atoms with Crippen LogP contribution in [0.4, 0.5) is 5.69 Å². The van der Waals surface area contributed by atoms with Crippen molar-refractivity contribution < 1.29 is 9.72 Å². The van der Waals surface area contributed by atoms with Crippen LogP contribution in [0.2, 0.25) is 0 Å². The van der Waals surface area contributed by atoms with Crippen LogP contribution < -0.4 is 5.32 Å². The summed E-state index contributed by atoms with van der Waals surface area (Å²) < 4.78 is 7.93. The summed E-state index contributed by atoms with van der Waals surface area (Å²) in [6, 6.07) is 16.1. The van der Waals surface area contributed by atoms with Gasteiger partial charge >= 0.3 is 0 Å². The smallest absolute Gasteiger partial charge is 0.299 e. The fraction of sp³-hybridized carbons (Fsp3) is 0.0526. The van der Waals surface area contributed by atoms with Crippen LogP contribution in [-0.2, 0) is 6.54 Å². The van der Waals surface area contributed by atoms with E-state index in [0.717, 1.165) is 28.5 Å². The molecule has 8 nitrogen and oxygen atoms in total. The Morgan fingerprint density at radius 3 is 2.71 bits per heavy atom. The summed E-state index contributed by atoms with van der Waals surface area (Å²) in [6.07, 6.45) is 1.68. The highest BCUT2D eigenvalue weighted by Crippen LogP contribution is 2.26. The maximum absolute atomic E-state index is 12.5. The van der Waals surface area contributed by atoms with Gasteiger partial charge in [-0.1, -0.05) is 30.3 Å². The van der Waals surface area contributed by atoms with Crippen LogP contribution in [0.15, 0.2) is 60.8 Å². The van der Waals surface area contributed by atoms with Gasteiger partial charge in [0.25, 0.3) is 11.6 Å². The first-order chi connectivity index (χ1) is 13.6. The molecule has 9 heteroatoms. The SMILES string of the molecule is O=C(NCc1ccnc(-c2ccccc2)c1)c1cc([N+](=O)[O-])c2nsnc2c1. The highest BCUT2D eigenvalue weighted by molar-refractivity contribution is 7.00. The molecule has 0 aliphatic carbocycles. The van der Waals surface area contributed by atoms with Gasteiger partial charge in [-0.3, -0.25) is 19.9 Å². The molecule has 0 atom stereocenters. The molecule has 28 heavy (non-hydrogen) atoms. The number of nitro benzene ring substituents is 1. The number of pyridine rings is 1. The largest absolute Gasteiger partial charge is 0.348 e. The average molecular weight is 391 g/mol. The molecule has 4 rings (SSSR count). The van der Waals surface area contributed by atoms with Crippen molar-refractivity contribution in [2.24, 2.45) is 0 Å². The monoisotopic (exact) mass is 391 g/mol. The lowest BCUT2D eigenvalue weighted by Gasteiger charge is -2.07. The summed E-state index contributed by atoms with van der Waals surface area (Å²) in [5.41, 5.74) is 3.11. The minimum absolute atomic E-state index is 0.171. The summed E-state index contributed by atoms with van der Waals surface area (Å²) >= 11 is 0.871. The molecule has 138 valence electrons. The van der Waals surface area contributed by atoms with E-state index in [4.69, 9.17) is 0 Å². The predicted molar refractivity (Wildman–Crippen MR) is 105 cm³/mol. The zero-order valence-corrected chi connectivity index (χ0v) is 15.2. The Balaban J connectivity index is 1.54. The number of hydrogen-bond donors (Lipinski definition) is 1. The van der Waals surface area contributed by atoms with Gasteiger partial charge in [0.2, 0.25) is 0 Å². The van der Waals surface area contributed by atoms with Gasteiger partial charge in [0.1, 0.15) is 5.52 Å². The molecule has 0 radical (unpaired) electrons. The molecule has 0 saturated heterocycles. The standard InChI is InChI=1S/C19H13N5O3S/c25-19(14-9-16-18(23-28-22-16)17(10-14)24(26)27)21-11-12-6-7-20-15(8-12)13-4-2-1-3-5-13/h1-10H,11H2,(H,21,25). The number of carbonyl (C=O) groups is 1. The minimum Gasteiger partial charge on any atom is -0.348 e. The molecule has 0 spiro atoms. The zero-order chi connectivity index (χ0) is 19.5. The quantitative estimate of drug-likeness (QED) is 0.411. The maximum Gasteiger partial charge on any atom is 0.299 e. The number of fused-ring (bicyclic) bond motifs is 1. The number of rotatable bonds is 5. The molecule has 0 saturated carbocycles. The molecule has 1 amide bonds. The van der Waals surface area contributed by atoms with Gasteiger partial charge in [0.05, 0.1) is 22.3 Å². The number of amides is 1. The number of benzene rings is 2. The second-order valence-corrected chi connectivity index (χ2v) is 6.51. The van der Waals surface area contributed by atoms with E-state index in [9.17, 15) is 14.9 Å². The van der Waals surface area contributed by atoms with Crippen LogP contribution in [0.1, 0.15) is 15.9 Å². The average Bonchev–Trinajstić information content (AvgIpc) is 3.20. The molecule has 0 unspecified atom stereocenters. The minimum atomic E-state index is -0.560. The summed E-state index contributed by atoms with van der Waals surface area (Å²) in [5, 5.41) is 14.0. The van der Waals surface area contributed by atoms with E-state index in [-0.39, 0.29) is 23.3 Å². The van der Waals surface area contributed by atoms with E-state index in [1.807, 2.05) is 42.5 Å². The lowest BCUT2D eigenvalue weighted by Crippen LogP contribution is -2.23. The van der Waals surface area contributed by atoms with Gasteiger partial charge in [-0.25, -0.2) is 0 Å². The summed E-state index contributed by atoms with van der Waals surface area (Å²) in [4.78, 5) is 27.6. The van der Waals surface area contributed by atoms with E-state index in [1.54, 1.807) is 6.20 Å². The first-order valence-corrected chi connectivity index (χ1v) is 9.04. The summed E-state index contributed by atoms with van der Waals surface area (Å²) in [7, 11) is 0. The van der Waals surface area contributed by atoms with Crippen molar-refractivity contribution in [3.8, 4) is 11.3 Å². The van der Waals surface area contributed by atoms with Crippen molar-refractivity contribution in [2.45, 2.75) is 6.54 Å². The zero-order valence-electron chi connectivity index (χ0n) is 14.4. The third-order valence-corrected chi connectivity index (χ3v) is 4.69. The lowest BCUT2D eigenvalue weighted by molar-refractivity contribution is -0.383. The number of nitrogens with zero attached hydrogens (tertiary/aromatic N) is 4. The Labute approximate surface area is 163 Å². The molecule has 2 heterocycles. The van der Waals surface area contributed by atoms with Crippen LogP contribution in [-0.4, -0.2) is 24.6 Å². The Morgan fingerprint density at radius 2 is 1.93 bits per heavy atom. The van der Waals surface area contributed by atoms with Gasteiger partial charge in [-0.2, -0.15) is 8.75 Å². The molecule has 0 bridgehead atoms. The molecule has 4 aromatic rings. The fourth-order valence-corrected chi connectivity index (χ4v) is 3.31. The molecule has 0 fully saturated rings. The number of nitrogens with one attached hydrogen (secondary N) is 1. The molecular weight excluding hydrogens is 378 g/mol. The van der Waals surface area contributed by atoms with Crippen molar-refractivity contribution in [1.82, 2.24) is 19.0 Å². The maximum atomic E-state index is 12.5. The number of hydrogen-bond acceptors (Lipinski definition) is 7. The van der Waals surface area contributed by atoms with E-state index < -0.39 is 10.8 Å². The normalized spacial score (nSPS) is 10.7. The first kappa shape index (κ1) is 17.7. The molecule has 0 aliphatic rings. The number of aromatic nitrogens is 3. The van der Waals surface area contributed by atoms with Gasteiger partial charge < -0.3 is 5.32 Å². The van der Waals surface area contributed by atoms with Gasteiger partial charge in [-0.15, -0.1) is 0 Å². The number of non-ortho nitro benzene ring substituents is 1. The van der Waals surface area contributed by atoms with E-state index >= 15 is 0 Å². The van der Waals surface area contributed by atoms with Crippen LogP contribution in [0.25, 0.3) is 22.3 Å². The highest BCUT2D eigenvalue weighted by atomic mass is 32.1. The van der Waals surface area contributed by atoms with Crippen LogP contribution in [0, 0.1) is 10.1 Å². The second-order valence-electron chi connectivity index (χ2n) is 5.98. The molecule has 0 aliphatic heterocycles. The Morgan fingerprint density at radius 1 is 1.11 bits per heavy atom. The van der Waals surface area contributed by atoms with Crippen molar-refractivity contribution in [2.75, 3.05) is 0 Å². The highest BCUT2D eigenvalue weighted by Gasteiger charge is 2.20. The topological polar surface area (TPSA) is 111 Å². The van der Waals surface area contributed by atoms with Crippen molar-refractivity contribution in [1.29, 1.82) is 0 Å². The van der Waals surface area contributed by atoms with Crippen LogP contribution in [0.3, 0.4) is 0 Å². The molecule has 1 N–H and O–H groups in total. The van der Waals surface area contributed by atoms with Gasteiger partial charge in [-0.05, 0) is 23.8 Å². The van der Waals surface area contributed by atoms with Gasteiger partial charge in [0.15, 0.2) is 5.52 Å². The lowest BCUT2D eigenvalue weighted by atomic mass is 10.1.